The Bertz CT molecular complexity index is 2920. The van der Waals surface area contributed by atoms with Crippen LogP contribution in [0.2, 0.25) is 0 Å². The number of thioether (sulfide) groups is 1. The lowest BCUT2D eigenvalue weighted by Gasteiger charge is -2.37. The van der Waals surface area contributed by atoms with Gasteiger partial charge in [-0.3, -0.25) is 76.8 Å². The number of nitrogens with one attached hydrogen (secondary N) is 11. The number of aliphatic hydroxyl groups excluding tert-OH is 1. The number of carboxylic acids is 2. The fourth-order valence-corrected chi connectivity index (χ4v) is 14.0. The van der Waals surface area contributed by atoms with Gasteiger partial charge in [0.05, 0.1) is 70.2 Å². The SMILES string of the molecule is CC(=O)N[C@@H](CC(N)=O)C(=O)N[C@@H](C)C(=O)N[C@@H](CO)C(=O)N[C@@H](C)C(C)N1CCC[C@H]1C(=O)N1CCC[C@H]1C(=O)N[C@@H](CCC(=O)O)C(=O)C[C@@H](CCC(=O)O)C(=O)N[C@@H](CCCCNC(=O)COCCOCCOCCNC(=O)CCCC[C@@H]1SC[C@@H]2NC(=O)N[C@@H]21)C(=O)N[C@@H](CS)C(N)=O. The number of fused-ring (bicyclic) bond motifs is 1. The van der Waals surface area contributed by atoms with E-state index in [1.54, 1.807) is 13.8 Å². The summed E-state index contributed by atoms with van der Waals surface area (Å²) in [6, 6.07) is -11.6. The first-order chi connectivity index (χ1) is 48.9. The van der Waals surface area contributed by atoms with Crippen molar-refractivity contribution in [2.45, 2.75) is 215 Å². The molecule has 4 fully saturated rings. The Kier molecular flexibility index (Phi) is 39.0. The molecule has 0 bridgehead atoms. The van der Waals surface area contributed by atoms with Crippen LogP contribution < -0.4 is 70.0 Å². The molecule has 580 valence electrons. The molecule has 4 aliphatic heterocycles. The molecule has 4 saturated heterocycles. The van der Waals surface area contributed by atoms with E-state index < -0.39 is 194 Å². The van der Waals surface area contributed by atoms with Gasteiger partial charge in [0.2, 0.25) is 70.9 Å². The van der Waals surface area contributed by atoms with Crippen molar-refractivity contribution in [1.82, 2.24) is 68.3 Å². The molecule has 0 aromatic heterocycles. The molecule has 37 nitrogen and oxygen atoms in total. The van der Waals surface area contributed by atoms with Crippen LogP contribution in [-0.2, 0) is 86.1 Å². The summed E-state index contributed by atoms with van der Waals surface area (Å²) in [5, 5.41) is 58.5. The highest BCUT2D eigenvalue weighted by atomic mass is 32.2. The number of nitrogens with zero attached hydrogens (tertiary/aromatic N) is 2. The lowest BCUT2D eigenvalue weighted by atomic mass is 9.91. The molecule has 0 radical (unpaired) electrons. The molecule has 39 heteroatoms. The zero-order valence-corrected chi connectivity index (χ0v) is 60.5. The number of Topliss-reactive ketones (excluding diaryl/α,β-unsaturated/α-hetero) is 1. The number of ketones is 1. The second kappa shape index (κ2) is 46.0. The summed E-state index contributed by atoms with van der Waals surface area (Å²) >= 11 is 5.92. The summed E-state index contributed by atoms with van der Waals surface area (Å²) in [7, 11) is 0. The van der Waals surface area contributed by atoms with Crippen molar-refractivity contribution in [3.8, 4) is 0 Å². The third-order valence-electron chi connectivity index (χ3n) is 17.9. The number of primary amides is 2. The lowest BCUT2D eigenvalue weighted by Crippen LogP contribution is -2.60. The average Bonchev–Trinajstić information content (AvgIpc) is 1.69. The van der Waals surface area contributed by atoms with Gasteiger partial charge in [-0.1, -0.05) is 6.42 Å². The zero-order valence-electron chi connectivity index (χ0n) is 58.8. The topological polar surface area (TPSA) is 552 Å². The Morgan fingerprint density at radius 2 is 1.24 bits per heavy atom. The fourth-order valence-electron chi connectivity index (χ4n) is 12.2. The summed E-state index contributed by atoms with van der Waals surface area (Å²) in [5.74, 6) is -13.2. The number of unbranched alkanes of at least 4 members (excludes halogenated alkanes) is 2. The molecule has 14 atom stereocenters. The first-order valence-corrected chi connectivity index (χ1v) is 36.5. The molecule has 18 N–H and O–H groups in total. The Labute approximate surface area is 607 Å². The molecule has 0 saturated carbocycles. The number of carbonyl (C=O) groups excluding carboxylic acids is 14. The van der Waals surface area contributed by atoms with Gasteiger partial charge in [0.15, 0.2) is 5.78 Å². The monoisotopic (exact) mass is 1500 g/mol. The molecule has 103 heavy (non-hydrogen) atoms. The smallest absolute Gasteiger partial charge is 0.315 e. The van der Waals surface area contributed by atoms with Crippen molar-refractivity contribution in [2.75, 3.05) is 83.9 Å². The van der Waals surface area contributed by atoms with E-state index in [2.05, 4.69) is 71.1 Å². The van der Waals surface area contributed by atoms with Crippen molar-refractivity contribution >= 4 is 119 Å². The van der Waals surface area contributed by atoms with E-state index in [-0.39, 0.29) is 102 Å². The van der Waals surface area contributed by atoms with Crippen LogP contribution in [0.1, 0.15) is 137 Å². The van der Waals surface area contributed by atoms with E-state index in [0.29, 0.717) is 50.6 Å². The number of aliphatic carboxylic acids is 2. The number of ether oxygens (including phenoxy) is 3. The number of carbonyl (C=O) groups is 16. The summed E-state index contributed by atoms with van der Waals surface area (Å²) in [4.78, 5) is 209. The number of carboxylic acid groups (broad SMARTS) is 2. The van der Waals surface area contributed by atoms with E-state index in [1.807, 2.05) is 16.7 Å². The van der Waals surface area contributed by atoms with Gasteiger partial charge in [0.25, 0.3) is 0 Å². The van der Waals surface area contributed by atoms with Crippen LogP contribution in [0.15, 0.2) is 0 Å². The van der Waals surface area contributed by atoms with Gasteiger partial charge in [0.1, 0.15) is 42.9 Å². The number of hydrogen-bond donors (Lipinski definition) is 17. The lowest BCUT2D eigenvalue weighted by molar-refractivity contribution is -0.143. The van der Waals surface area contributed by atoms with Crippen LogP contribution in [0.4, 0.5) is 4.79 Å². The minimum Gasteiger partial charge on any atom is -0.481 e. The normalized spacial score (nSPS) is 20.3. The number of amides is 14. The van der Waals surface area contributed by atoms with Gasteiger partial charge in [-0.15, -0.1) is 0 Å². The average molecular weight is 1500 g/mol. The summed E-state index contributed by atoms with van der Waals surface area (Å²) in [5.41, 5.74) is 10.7. The van der Waals surface area contributed by atoms with Crippen molar-refractivity contribution in [1.29, 1.82) is 0 Å². The maximum absolute atomic E-state index is 14.5. The fraction of sp³-hybridized carbons (Fsp3) is 0.750. The first kappa shape index (κ1) is 87.4. The molecule has 0 aliphatic carbocycles. The molecule has 4 rings (SSSR count). The number of likely N-dealkylation sites (tertiary alicyclic amines) is 2. The van der Waals surface area contributed by atoms with E-state index >= 15 is 0 Å². The number of urea groups is 1. The Morgan fingerprint density at radius 3 is 1.90 bits per heavy atom. The predicted molar refractivity (Wildman–Crippen MR) is 372 cm³/mol. The second-order valence-electron chi connectivity index (χ2n) is 25.9. The maximum Gasteiger partial charge on any atom is 0.315 e. The molecular weight excluding hydrogens is 1390 g/mol. The number of rotatable bonds is 51. The van der Waals surface area contributed by atoms with Crippen molar-refractivity contribution in [3.05, 3.63) is 0 Å². The van der Waals surface area contributed by atoms with Crippen molar-refractivity contribution in [2.24, 2.45) is 17.4 Å². The molecular formula is C64H105N15O22S2. The number of hydrogen-bond acceptors (Lipinski definition) is 23. The number of thiol groups is 1. The van der Waals surface area contributed by atoms with Crippen LogP contribution in [0.3, 0.4) is 0 Å². The molecule has 0 aromatic rings. The third kappa shape index (κ3) is 31.1. The van der Waals surface area contributed by atoms with Gasteiger partial charge >= 0.3 is 18.0 Å². The van der Waals surface area contributed by atoms with Gasteiger partial charge in [0, 0.05) is 87.0 Å². The molecule has 1 unspecified atom stereocenters. The summed E-state index contributed by atoms with van der Waals surface area (Å²) in [6.45, 7) is 6.55. The van der Waals surface area contributed by atoms with Crippen LogP contribution in [0, 0.1) is 5.92 Å². The largest absolute Gasteiger partial charge is 0.481 e. The minimum atomic E-state index is -1.57. The quantitative estimate of drug-likeness (QED) is 0.0154. The van der Waals surface area contributed by atoms with Gasteiger partial charge in [-0.05, 0) is 97.9 Å². The van der Waals surface area contributed by atoms with Crippen LogP contribution >= 0.6 is 24.4 Å². The van der Waals surface area contributed by atoms with Gasteiger partial charge in [-0.2, -0.15) is 24.4 Å². The number of nitrogens with two attached hydrogens (primary N) is 2. The van der Waals surface area contributed by atoms with Gasteiger partial charge in [-0.25, -0.2) is 4.79 Å². The Morgan fingerprint density at radius 1 is 0.621 bits per heavy atom. The van der Waals surface area contributed by atoms with E-state index in [4.69, 9.17) is 25.7 Å². The maximum atomic E-state index is 14.5. The second-order valence-corrected chi connectivity index (χ2v) is 27.5. The van der Waals surface area contributed by atoms with Crippen molar-refractivity contribution < 1.29 is 106 Å². The highest BCUT2D eigenvalue weighted by Gasteiger charge is 2.45. The highest BCUT2D eigenvalue weighted by Crippen LogP contribution is 2.33. The highest BCUT2D eigenvalue weighted by molar-refractivity contribution is 8.00. The van der Waals surface area contributed by atoms with E-state index in [9.17, 15) is 92.0 Å². The molecule has 4 aliphatic rings. The number of aliphatic hydroxyl groups is 1. The van der Waals surface area contributed by atoms with Crippen molar-refractivity contribution in [3.63, 3.8) is 0 Å². The minimum absolute atomic E-state index is 0.0643. The predicted octanol–water partition coefficient (Wildman–Crippen LogP) is -4.95. The zero-order chi connectivity index (χ0) is 76.3. The Hall–Kier alpha value is -7.98. The third-order valence-corrected chi connectivity index (χ3v) is 19.8. The molecule has 14 amide bonds. The van der Waals surface area contributed by atoms with E-state index in [0.717, 1.165) is 31.9 Å². The van der Waals surface area contributed by atoms with Crippen LogP contribution in [-0.4, -0.2) is 281 Å². The Balaban J connectivity index is 1.26. The first-order valence-electron chi connectivity index (χ1n) is 34.8. The van der Waals surface area contributed by atoms with E-state index in [1.165, 1.54) is 11.8 Å². The van der Waals surface area contributed by atoms with Crippen LogP contribution in [0.25, 0.3) is 0 Å². The van der Waals surface area contributed by atoms with Crippen LogP contribution in [0.5, 0.6) is 0 Å². The summed E-state index contributed by atoms with van der Waals surface area (Å²) in [6.07, 6.45) is 1.10. The molecule has 0 spiro atoms. The molecule has 0 aromatic carbocycles. The standard InChI is InChI=1S/C64H105N15O22S2/c1-35(69-61(95)43(31-80)74-57(91)36(2)70-60(94)42(30-50(65)83)71-38(4)81)37(3)78-22-10-13-47(78)63(97)79-23-9-12-46(79)62(96)72-40(17-19-54(88)89)48(82)29-39(16-18-53(86)87)58(92)73-41(59(93)75-44(33-102)56(66)90)11-7-8-20-67-52(85)32-101-28-27-100-26-25-99-24-21-68-51(84)15-6-5-14-49-55-45(34-103-49)76-64(98)77-55/h35-37,39-47,49,55,80,102H,5-34H2,1-4H3,(H2,65,83)(H2,66,90)(H,67,85)(H,68,84)(H,69,95)(H,70,94)(H,71,81)(H,72,96)(H,73,92)(H,74,91)(H,75,93)(H,86,87)(H,88,89)(H2,76,77,98)/t35-,36-,37?,39+,40-,41-,42-,43-,44-,45-,46-,47-,49-,55-/m0/s1. The summed E-state index contributed by atoms with van der Waals surface area (Å²) < 4.78 is 16.4. The molecule has 4 heterocycles. The van der Waals surface area contributed by atoms with Gasteiger partial charge < -0.3 is 104 Å².